The molecule has 0 rings (SSSR count). The Morgan fingerprint density at radius 1 is 1.25 bits per heavy atom. The summed E-state index contributed by atoms with van der Waals surface area (Å²) < 4.78 is 4.61. The highest BCUT2D eigenvalue weighted by atomic mass is 17.2. The number of esters is 1. The molecule has 0 aromatic carbocycles. The van der Waals surface area contributed by atoms with Crippen molar-refractivity contribution in [2.75, 3.05) is 13.2 Å². The number of hydrogen-bond donors (Lipinski definition) is 0. The van der Waals surface area contributed by atoms with E-state index in [-0.39, 0.29) is 24.8 Å². The maximum Gasteiger partial charge on any atom is 0.302 e. The van der Waals surface area contributed by atoms with Crippen LogP contribution in [0.25, 0.3) is 0 Å². The van der Waals surface area contributed by atoms with Gasteiger partial charge < -0.3 is 4.74 Å². The molecular formula is C8H16O4. The van der Waals surface area contributed by atoms with Gasteiger partial charge in [-0.3, -0.25) is 4.79 Å². The summed E-state index contributed by atoms with van der Waals surface area (Å²) in [7, 11) is 0. The maximum atomic E-state index is 10.3. The van der Waals surface area contributed by atoms with E-state index in [9.17, 15) is 4.79 Å². The average Bonchev–Trinajstić information content (AvgIpc) is 1.83. The SMILES string of the molecule is CC(=O)OCCOOC(C)(C)C. The van der Waals surface area contributed by atoms with E-state index in [4.69, 9.17) is 9.78 Å². The lowest BCUT2D eigenvalue weighted by atomic mass is 10.2. The summed E-state index contributed by atoms with van der Waals surface area (Å²) in [6.45, 7) is 7.46. The first kappa shape index (κ1) is 11.4. The van der Waals surface area contributed by atoms with Gasteiger partial charge in [0.1, 0.15) is 13.2 Å². The first-order valence-corrected chi connectivity index (χ1v) is 3.86. The first-order chi connectivity index (χ1) is 5.42. The number of hydrogen-bond acceptors (Lipinski definition) is 4. The zero-order valence-corrected chi connectivity index (χ0v) is 8.05. The topological polar surface area (TPSA) is 44.8 Å². The zero-order chi connectivity index (χ0) is 9.61. The fourth-order valence-corrected chi connectivity index (χ4v) is 0.438. The fourth-order valence-electron chi connectivity index (χ4n) is 0.438. The molecule has 0 aliphatic carbocycles. The van der Waals surface area contributed by atoms with Gasteiger partial charge >= 0.3 is 5.97 Å². The van der Waals surface area contributed by atoms with Crippen molar-refractivity contribution in [3.63, 3.8) is 0 Å². The predicted molar refractivity (Wildman–Crippen MR) is 43.4 cm³/mol. The molecule has 0 spiro atoms. The normalized spacial score (nSPS) is 11.3. The monoisotopic (exact) mass is 176 g/mol. The molecule has 0 aliphatic rings. The Morgan fingerprint density at radius 2 is 1.83 bits per heavy atom. The van der Waals surface area contributed by atoms with E-state index in [2.05, 4.69) is 4.74 Å². The van der Waals surface area contributed by atoms with E-state index in [1.165, 1.54) is 6.92 Å². The van der Waals surface area contributed by atoms with E-state index in [0.29, 0.717) is 0 Å². The predicted octanol–water partition coefficient (Wildman–Crippen LogP) is 1.30. The van der Waals surface area contributed by atoms with E-state index in [1.54, 1.807) is 0 Å². The molecule has 0 N–H and O–H groups in total. The molecule has 0 radical (unpaired) electrons. The van der Waals surface area contributed by atoms with Crippen LogP contribution in [-0.2, 0) is 19.3 Å². The van der Waals surface area contributed by atoms with Crippen LogP contribution in [-0.4, -0.2) is 24.8 Å². The highest BCUT2D eigenvalue weighted by Gasteiger charge is 2.10. The molecule has 4 heteroatoms. The summed E-state index contributed by atoms with van der Waals surface area (Å²) in [5, 5.41) is 0. The van der Waals surface area contributed by atoms with Gasteiger partial charge in [-0.15, -0.1) is 0 Å². The van der Waals surface area contributed by atoms with Gasteiger partial charge in [-0.2, -0.15) is 0 Å². The van der Waals surface area contributed by atoms with Crippen molar-refractivity contribution in [3.8, 4) is 0 Å². The summed E-state index contributed by atoms with van der Waals surface area (Å²) in [6, 6.07) is 0. The Balaban J connectivity index is 3.17. The summed E-state index contributed by atoms with van der Waals surface area (Å²) in [4.78, 5) is 20.0. The van der Waals surface area contributed by atoms with Gasteiger partial charge in [0.15, 0.2) is 0 Å². The van der Waals surface area contributed by atoms with Gasteiger partial charge in [-0.25, -0.2) is 9.78 Å². The van der Waals surface area contributed by atoms with Crippen LogP contribution in [0.2, 0.25) is 0 Å². The molecule has 0 amide bonds. The van der Waals surface area contributed by atoms with Crippen LogP contribution >= 0.6 is 0 Å². The third-order valence-corrected chi connectivity index (χ3v) is 0.781. The lowest BCUT2D eigenvalue weighted by molar-refractivity contribution is -0.350. The maximum absolute atomic E-state index is 10.3. The minimum absolute atomic E-state index is 0.228. The molecule has 4 nitrogen and oxygen atoms in total. The van der Waals surface area contributed by atoms with E-state index >= 15 is 0 Å². The standard InChI is InChI=1S/C8H16O4/c1-7(9)10-5-6-11-12-8(2,3)4/h5-6H2,1-4H3. The molecule has 0 aromatic heterocycles. The van der Waals surface area contributed by atoms with Gasteiger partial charge in [0.2, 0.25) is 0 Å². The fraction of sp³-hybridized carbons (Fsp3) is 0.875. The van der Waals surface area contributed by atoms with Crippen LogP contribution in [0.15, 0.2) is 0 Å². The van der Waals surface area contributed by atoms with Crippen molar-refractivity contribution in [1.82, 2.24) is 0 Å². The second kappa shape index (κ2) is 5.11. The molecule has 12 heavy (non-hydrogen) atoms. The quantitative estimate of drug-likeness (QED) is 0.280. The van der Waals surface area contributed by atoms with Gasteiger partial charge in [0.05, 0.1) is 5.60 Å². The number of carbonyl (C=O) groups excluding carboxylic acids is 1. The van der Waals surface area contributed by atoms with Crippen LogP contribution < -0.4 is 0 Å². The van der Waals surface area contributed by atoms with Crippen LogP contribution in [0.5, 0.6) is 0 Å². The second-order valence-corrected chi connectivity index (χ2v) is 3.36. The van der Waals surface area contributed by atoms with Gasteiger partial charge in [0, 0.05) is 6.92 Å². The number of rotatable bonds is 4. The summed E-state index contributed by atoms with van der Waals surface area (Å²) in [5.41, 5.74) is -0.323. The Kier molecular flexibility index (Phi) is 4.85. The van der Waals surface area contributed by atoms with Crippen LogP contribution in [0.1, 0.15) is 27.7 Å². The van der Waals surface area contributed by atoms with Gasteiger partial charge in [-0.1, -0.05) is 0 Å². The number of carbonyl (C=O) groups is 1. The molecular weight excluding hydrogens is 160 g/mol. The van der Waals surface area contributed by atoms with Crippen molar-refractivity contribution in [3.05, 3.63) is 0 Å². The molecule has 0 unspecified atom stereocenters. The highest BCUT2D eigenvalue weighted by molar-refractivity contribution is 5.65. The van der Waals surface area contributed by atoms with Crippen LogP contribution in [0.3, 0.4) is 0 Å². The molecule has 0 heterocycles. The summed E-state index contributed by atoms with van der Waals surface area (Å²) in [6.07, 6.45) is 0. The minimum Gasteiger partial charge on any atom is -0.463 e. The van der Waals surface area contributed by atoms with E-state index in [1.807, 2.05) is 20.8 Å². The van der Waals surface area contributed by atoms with Crippen molar-refractivity contribution >= 4 is 5.97 Å². The third-order valence-electron chi connectivity index (χ3n) is 0.781. The molecule has 0 fully saturated rings. The summed E-state index contributed by atoms with van der Waals surface area (Å²) >= 11 is 0. The lowest BCUT2D eigenvalue weighted by Gasteiger charge is -2.17. The van der Waals surface area contributed by atoms with Crippen molar-refractivity contribution in [2.45, 2.75) is 33.3 Å². The minimum atomic E-state index is -0.323. The largest absolute Gasteiger partial charge is 0.463 e. The molecule has 0 bridgehead atoms. The zero-order valence-electron chi connectivity index (χ0n) is 8.05. The molecule has 0 saturated carbocycles. The van der Waals surface area contributed by atoms with Crippen molar-refractivity contribution < 1.29 is 19.3 Å². The van der Waals surface area contributed by atoms with Gasteiger partial charge in [-0.05, 0) is 20.8 Å². The Bertz CT molecular complexity index is 136. The molecule has 0 atom stereocenters. The Labute approximate surface area is 72.7 Å². The highest BCUT2D eigenvalue weighted by Crippen LogP contribution is 2.06. The molecule has 72 valence electrons. The number of ether oxygens (including phenoxy) is 1. The second-order valence-electron chi connectivity index (χ2n) is 3.36. The van der Waals surface area contributed by atoms with Crippen LogP contribution in [0.4, 0.5) is 0 Å². The van der Waals surface area contributed by atoms with Crippen LogP contribution in [0, 0.1) is 0 Å². The lowest BCUT2D eigenvalue weighted by Crippen LogP contribution is -2.21. The third kappa shape index (κ3) is 9.39. The molecule has 0 aromatic rings. The van der Waals surface area contributed by atoms with Crippen molar-refractivity contribution in [1.29, 1.82) is 0 Å². The van der Waals surface area contributed by atoms with Crippen molar-refractivity contribution in [2.24, 2.45) is 0 Å². The molecule has 0 aliphatic heterocycles. The Hall–Kier alpha value is -0.610. The van der Waals surface area contributed by atoms with E-state index < -0.39 is 0 Å². The first-order valence-electron chi connectivity index (χ1n) is 3.86. The van der Waals surface area contributed by atoms with E-state index in [0.717, 1.165) is 0 Å². The summed E-state index contributed by atoms with van der Waals surface area (Å²) in [5.74, 6) is -0.311. The molecule has 0 saturated heterocycles. The van der Waals surface area contributed by atoms with Gasteiger partial charge in [0.25, 0.3) is 0 Å². The smallest absolute Gasteiger partial charge is 0.302 e. The Morgan fingerprint density at radius 3 is 2.25 bits per heavy atom. The average molecular weight is 176 g/mol.